The molecule has 0 heterocycles. The molecule has 0 aromatic rings. The molecule has 0 fully saturated rings. The van der Waals surface area contributed by atoms with E-state index in [0.29, 0.717) is 35.5 Å². The van der Waals surface area contributed by atoms with Gasteiger partial charge < -0.3 is 9.47 Å². The lowest BCUT2D eigenvalue weighted by molar-refractivity contribution is 0.0251. The van der Waals surface area contributed by atoms with Crippen LogP contribution >= 0.6 is 0 Å². The monoisotopic (exact) mass is 609 g/mol. The fourth-order valence-electron chi connectivity index (χ4n) is 4.64. The van der Waals surface area contributed by atoms with Gasteiger partial charge in [0.05, 0.1) is 11.2 Å². The van der Waals surface area contributed by atoms with Gasteiger partial charge in [0.15, 0.2) is 0 Å². The smallest absolute Gasteiger partial charge is 0.0657 e. The number of hydrogen-bond acceptors (Lipinski definition) is 2. The molecule has 2 nitrogen and oxygen atoms in total. The van der Waals surface area contributed by atoms with E-state index in [0.717, 1.165) is 32.1 Å². The van der Waals surface area contributed by atoms with Crippen LogP contribution in [0.2, 0.25) is 0 Å². The average Bonchev–Trinajstić information content (AvgIpc) is 2.95. The highest BCUT2D eigenvalue weighted by molar-refractivity contribution is 5.07. The van der Waals surface area contributed by atoms with Crippen molar-refractivity contribution < 1.29 is 9.47 Å². The molecule has 44 heavy (non-hydrogen) atoms. The highest BCUT2D eigenvalue weighted by Gasteiger charge is 2.14. The van der Waals surface area contributed by atoms with Crippen LogP contribution in [0.25, 0.3) is 0 Å². The maximum Gasteiger partial charge on any atom is 0.0657 e. The maximum atomic E-state index is 5.49. The first-order chi connectivity index (χ1) is 20.7. The van der Waals surface area contributed by atoms with E-state index >= 15 is 0 Å². The molecule has 0 aliphatic rings. The molecule has 6 unspecified atom stereocenters. The van der Waals surface area contributed by atoms with E-state index in [9.17, 15) is 0 Å². The van der Waals surface area contributed by atoms with E-state index in [2.05, 4.69) is 154 Å². The summed E-state index contributed by atoms with van der Waals surface area (Å²) in [6.07, 6.45) is 41.4. The van der Waals surface area contributed by atoms with Crippen molar-refractivity contribution in [3.05, 3.63) is 85.1 Å². The van der Waals surface area contributed by atoms with Gasteiger partial charge in [-0.1, -0.05) is 133 Å². The van der Waals surface area contributed by atoms with E-state index < -0.39 is 0 Å². The highest BCUT2D eigenvalue weighted by atomic mass is 16.5. The van der Waals surface area contributed by atoms with Crippen molar-refractivity contribution in [1.29, 1.82) is 0 Å². The summed E-state index contributed by atoms with van der Waals surface area (Å²) in [6, 6.07) is 0. The van der Waals surface area contributed by atoms with E-state index in [1.807, 2.05) is 0 Å². The van der Waals surface area contributed by atoms with Crippen LogP contribution in [0.15, 0.2) is 85.1 Å². The molecule has 0 N–H and O–H groups in total. The zero-order valence-corrected chi connectivity index (χ0v) is 31.0. The van der Waals surface area contributed by atoms with Crippen LogP contribution in [0.5, 0.6) is 0 Å². The van der Waals surface area contributed by atoms with Crippen molar-refractivity contribution in [2.24, 2.45) is 35.5 Å². The Bertz CT molecular complexity index is 910. The molecule has 252 valence electrons. The summed E-state index contributed by atoms with van der Waals surface area (Å²) in [7, 11) is 3.56. The predicted octanol–water partition coefficient (Wildman–Crippen LogP) is 12.7. The van der Waals surface area contributed by atoms with Gasteiger partial charge in [-0.25, -0.2) is 0 Å². The molecule has 0 radical (unpaired) electrons. The number of methoxy groups -OCH3 is 2. The summed E-state index contributed by atoms with van der Waals surface area (Å²) in [6.45, 7) is 22.3. The van der Waals surface area contributed by atoms with Gasteiger partial charge in [-0.2, -0.15) is 0 Å². The standard InChI is InChI=1S/C42H72O2/c1-35(23-15-25-37(3)27-17-29-39(5)31-19-33-41(7,8)43-11)21-13-14-22-36(2)24-16-26-38(4)28-18-30-40(6)32-20-34-42(9,10)44-12/h13-15,17-22,25,27-28,31-32,35-40H,16,23-24,26,29-30,33-34H2,1-12H3/b21-13+,22-14+,25-15+,27-17+,28-18+,31-19+,32-20+. The van der Waals surface area contributed by atoms with Crippen LogP contribution in [0.1, 0.15) is 121 Å². The van der Waals surface area contributed by atoms with Crippen molar-refractivity contribution in [3.63, 3.8) is 0 Å². The minimum atomic E-state index is -0.0796. The number of hydrogen-bond donors (Lipinski definition) is 0. The predicted molar refractivity (Wildman–Crippen MR) is 198 cm³/mol. The van der Waals surface area contributed by atoms with E-state index in [1.54, 1.807) is 14.2 Å². The van der Waals surface area contributed by atoms with Crippen LogP contribution in [-0.2, 0) is 9.47 Å². The highest BCUT2D eigenvalue weighted by Crippen LogP contribution is 2.18. The Hall–Kier alpha value is -1.90. The first-order valence-electron chi connectivity index (χ1n) is 17.5. The summed E-state index contributed by atoms with van der Waals surface area (Å²) in [5.41, 5.74) is -0.153. The molecular weight excluding hydrogens is 536 g/mol. The maximum absolute atomic E-state index is 5.49. The first-order valence-corrected chi connectivity index (χ1v) is 17.5. The van der Waals surface area contributed by atoms with Gasteiger partial charge in [0.1, 0.15) is 0 Å². The van der Waals surface area contributed by atoms with Gasteiger partial charge in [0, 0.05) is 14.2 Å². The molecule has 2 heteroatoms. The molecule has 0 aliphatic heterocycles. The average molecular weight is 609 g/mol. The van der Waals surface area contributed by atoms with Crippen LogP contribution in [0.4, 0.5) is 0 Å². The molecule has 6 atom stereocenters. The van der Waals surface area contributed by atoms with Gasteiger partial charge in [0.25, 0.3) is 0 Å². The quantitative estimate of drug-likeness (QED) is 0.0801. The molecule has 0 aliphatic carbocycles. The number of rotatable bonds is 24. The lowest BCUT2D eigenvalue weighted by atomic mass is 9.97. The Kier molecular flexibility index (Phi) is 23.3. The third-order valence-electron chi connectivity index (χ3n) is 8.43. The minimum absolute atomic E-state index is 0.0729. The molecule has 0 saturated carbocycles. The van der Waals surface area contributed by atoms with Gasteiger partial charge in [-0.3, -0.25) is 0 Å². The molecule has 0 bridgehead atoms. The fraction of sp³-hybridized carbons (Fsp3) is 0.667. The largest absolute Gasteiger partial charge is 0.378 e. The molecule has 0 amide bonds. The van der Waals surface area contributed by atoms with Crippen LogP contribution in [-0.4, -0.2) is 25.4 Å². The van der Waals surface area contributed by atoms with Gasteiger partial charge in [0.2, 0.25) is 0 Å². The van der Waals surface area contributed by atoms with Crippen molar-refractivity contribution in [2.45, 2.75) is 132 Å². The van der Waals surface area contributed by atoms with Crippen molar-refractivity contribution >= 4 is 0 Å². The zero-order valence-electron chi connectivity index (χ0n) is 31.0. The van der Waals surface area contributed by atoms with Crippen LogP contribution < -0.4 is 0 Å². The Morgan fingerprint density at radius 3 is 1.23 bits per heavy atom. The van der Waals surface area contributed by atoms with Crippen LogP contribution in [0.3, 0.4) is 0 Å². The van der Waals surface area contributed by atoms with Crippen LogP contribution in [0, 0.1) is 35.5 Å². The lowest BCUT2D eigenvalue weighted by Gasteiger charge is -2.20. The summed E-state index contributed by atoms with van der Waals surface area (Å²) >= 11 is 0. The van der Waals surface area contributed by atoms with Crippen molar-refractivity contribution in [1.82, 2.24) is 0 Å². The van der Waals surface area contributed by atoms with Gasteiger partial charge >= 0.3 is 0 Å². The van der Waals surface area contributed by atoms with E-state index in [4.69, 9.17) is 9.47 Å². The molecule has 0 spiro atoms. The minimum Gasteiger partial charge on any atom is -0.378 e. The summed E-state index contributed by atoms with van der Waals surface area (Å²) < 4.78 is 11.0. The first kappa shape index (κ1) is 42.1. The SMILES string of the molecule is COC(C)(C)C/C=C/C(C)C/C=C/C(C)/C=C/CC(C)/C=C/C=C/C(C)CCCC(C)/C=C/CC(C)/C=C/CC(C)(C)OC. The third-order valence-corrected chi connectivity index (χ3v) is 8.43. The topological polar surface area (TPSA) is 18.5 Å². The Balaban J connectivity index is 4.20. The number of allylic oxidation sites excluding steroid dienone is 12. The molecule has 0 saturated heterocycles. The van der Waals surface area contributed by atoms with Crippen molar-refractivity contribution in [2.75, 3.05) is 14.2 Å². The Labute approximate surface area is 275 Å². The summed E-state index contributed by atoms with van der Waals surface area (Å²) in [4.78, 5) is 0. The normalized spacial score (nSPS) is 18.2. The molecule has 0 aromatic carbocycles. The van der Waals surface area contributed by atoms with E-state index in [1.165, 1.54) is 19.3 Å². The second-order valence-corrected chi connectivity index (χ2v) is 14.6. The van der Waals surface area contributed by atoms with Gasteiger partial charge in [-0.05, 0) is 108 Å². The zero-order chi connectivity index (χ0) is 33.4. The molecule has 0 aromatic heterocycles. The molecular formula is C42H72O2. The second kappa shape index (κ2) is 24.3. The Morgan fingerprint density at radius 1 is 0.455 bits per heavy atom. The number of ether oxygens (including phenoxy) is 2. The van der Waals surface area contributed by atoms with E-state index in [-0.39, 0.29) is 11.2 Å². The fourth-order valence-corrected chi connectivity index (χ4v) is 4.64. The molecule has 0 rings (SSSR count). The Morgan fingerprint density at radius 2 is 0.795 bits per heavy atom. The lowest BCUT2D eigenvalue weighted by Crippen LogP contribution is -2.20. The second-order valence-electron chi connectivity index (χ2n) is 14.6. The summed E-state index contributed by atoms with van der Waals surface area (Å²) in [5.74, 6) is 3.40. The third kappa shape index (κ3) is 25.4. The van der Waals surface area contributed by atoms with Gasteiger partial charge in [-0.15, -0.1) is 0 Å². The summed E-state index contributed by atoms with van der Waals surface area (Å²) in [5, 5.41) is 0. The van der Waals surface area contributed by atoms with Crippen molar-refractivity contribution in [3.8, 4) is 0 Å².